The molecule has 39 heavy (non-hydrogen) atoms. The van der Waals surface area contributed by atoms with Crippen molar-refractivity contribution in [1.29, 1.82) is 0 Å². The van der Waals surface area contributed by atoms with Gasteiger partial charge in [0.25, 0.3) is 0 Å². The highest BCUT2D eigenvalue weighted by Crippen LogP contribution is 2.38. The quantitative estimate of drug-likeness (QED) is 0.200. The normalized spacial score (nSPS) is 17.1. The number of rotatable bonds is 9. The van der Waals surface area contributed by atoms with Gasteiger partial charge in [-0.05, 0) is 115 Å². The first-order valence-corrected chi connectivity index (χ1v) is 14.1. The third-order valence-electron chi connectivity index (χ3n) is 7.99. The molecule has 4 rings (SSSR count). The van der Waals surface area contributed by atoms with Crippen molar-refractivity contribution in [1.82, 2.24) is 0 Å². The van der Waals surface area contributed by atoms with Crippen LogP contribution in [0.25, 0.3) is 0 Å². The van der Waals surface area contributed by atoms with Crippen LogP contribution in [-0.4, -0.2) is 40.9 Å². The number of aldehydes is 1. The van der Waals surface area contributed by atoms with Crippen molar-refractivity contribution in [3.63, 3.8) is 0 Å². The predicted molar refractivity (Wildman–Crippen MR) is 162 cm³/mol. The van der Waals surface area contributed by atoms with E-state index in [0.717, 1.165) is 34.1 Å². The van der Waals surface area contributed by atoms with Crippen LogP contribution in [0.5, 0.6) is 0 Å². The van der Waals surface area contributed by atoms with Gasteiger partial charge in [-0.1, -0.05) is 24.3 Å². The second-order valence-corrected chi connectivity index (χ2v) is 13.0. The molecule has 1 fully saturated rings. The lowest BCUT2D eigenvalue weighted by atomic mass is 9.79. The van der Waals surface area contributed by atoms with Gasteiger partial charge in [0.15, 0.2) is 0 Å². The Morgan fingerprint density at radius 1 is 0.795 bits per heavy atom. The molecule has 0 amide bonds. The summed E-state index contributed by atoms with van der Waals surface area (Å²) in [7, 11) is -0.336. The highest BCUT2D eigenvalue weighted by atomic mass is 31.1. The lowest BCUT2D eigenvalue weighted by Gasteiger charge is -2.36. The van der Waals surface area contributed by atoms with Crippen LogP contribution in [0.3, 0.4) is 0 Å². The maximum Gasteiger partial charge on any atom is 0.494 e. The van der Waals surface area contributed by atoms with Crippen molar-refractivity contribution in [2.24, 2.45) is 0 Å². The summed E-state index contributed by atoms with van der Waals surface area (Å²) < 4.78 is 18.5. The van der Waals surface area contributed by atoms with Gasteiger partial charge in [-0.25, -0.2) is 0 Å². The second kappa shape index (κ2) is 10.8. The van der Waals surface area contributed by atoms with Crippen LogP contribution in [0.15, 0.2) is 72.8 Å². The van der Waals surface area contributed by atoms with Gasteiger partial charge in [0, 0.05) is 31.4 Å². The van der Waals surface area contributed by atoms with Crippen molar-refractivity contribution < 1.29 is 23.7 Å². The molecule has 0 aromatic heterocycles. The third-order valence-corrected chi connectivity index (χ3v) is 9.17. The first-order chi connectivity index (χ1) is 18.1. The zero-order chi connectivity index (χ0) is 28.6. The Balaban J connectivity index is 1.61. The molecular weight excluding hydrogens is 508 g/mol. The smallest absolute Gasteiger partial charge is 0.399 e. The summed E-state index contributed by atoms with van der Waals surface area (Å²) in [5, 5.41) is 11.4. The molecule has 1 unspecified atom stereocenters. The van der Waals surface area contributed by atoms with E-state index in [1.54, 1.807) is 13.8 Å². The van der Waals surface area contributed by atoms with Crippen molar-refractivity contribution in [3.8, 4) is 0 Å². The zero-order valence-electron chi connectivity index (χ0n) is 24.1. The van der Waals surface area contributed by atoms with Crippen molar-refractivity contribution in [2.75, 3.05) is 4.90 Å². The molecule has 1 atom stereocenters. The van der Waals surface area contributed by atoms with E-state index in [0.29, 0.717) is 5.56 Å². The van der Waals surface area contributed by atoms with Gasteiger partial charge in [-0.3, -0.25) is 4.79 Å². The minimum absolute atomic E-state index is 0.0968. The predicted octanol–water partition coefficient (Wildman–Crippen LogP) is 6.05. The van der Waals surface area contributed by atoms with E-state index in [4.69, 9.17) is 13.8 Å². The standard InChI is InChI=1S/C31H39BNO5P/c1-28(2,35)29(3,4)38-39-27-19-17-26(18-20-27)33(24-13-9-22(21-34)10-14-24)25-15-11-23(12-16-25)32-36-30(5,6)31(7,8)37-32/h9-21,35,39H,1-8H3. The van der Waals surface area contributed by atoms with Crippen molar-refractivity contribution in [2.45, 2.75) is 77.8 Å². The fourth-order valence-electron chi connectivity index (χ4n) is 3.90. The molecule has 8 heteroatoms. The van der Waals surface area contributed by atoms with Gasteiger partial charge in [-0.15, -0.1) is 0 Å². The summed E-state index contributed by atoms with van der Waals surface area (Å²) >= 11 is 0. The summed E-state index contributed by atoms with van der Waals surface area (Å²) in [5.74, 6) is 0. The first-order valence-electron chi connectivity index (χ1n) is 13.2. The monoisotopic (exact) mass is 547 g/mol. The molecule has 0 bridgehead atoms. The summed E-state index contributed by atoms with van der Waals surface area (Å²) in [5.41, 5.74) is 1.98. The fraction of sp³-hybridized carbons (Fsp3) is 0.387. The number of hydrogen-bond donors (Lipinski definition) is 1. The Morgan fingerprint density at radius 3 is 1.67 bits per heavy atom. The summed E-state index contributed by atoms with van der Waals surface area (Å²) in [6.07, 6.45) is 0.846. The molecule has 0 spiro atoms. The van der Waals surface area contributed by atoms with Crippen LogP contribution in [0.4, 0.5) is 17.1 Å². The molecule has 206 valence electrons. The van der Waals surface area contributed by atoms with Gasteiger partial charge < -0.3 is 23.8 Å². The van der Waals surface area contributed by atoms with E-state index in [-0.39, 0.29) is 8.81 Å². The summed E-state index contributed by atoms with van der Waals surface area (Å²) in [6, 6.07) is 23.9. The van der Waals surface area contributed by atoms with E-state index >= 15 is 0 Å². The van der Waals surface area contributed by atoms with Crippen LogP contribution in [0, 0.1) is 0 Å². The molecule has 3 aromatic rings. The third kappa shape index (κ3) is 6.29. The SMILES string of the molecule is CC(C)(O)C(C)(C)OPc1ccc(N(c2ccc(C=O)cc2)c2ccc(B3OC(C)(C)C(C)(C)O3)cc2)cc1. The molecule has 1 heterocycles. The molecule has 0 saturated carbocycles. The van der Waals surface area contributed by atoms with Crippen LogP contribution in [-0.2, 0) is 13.8 Å². The Hall–Kier alpha value is -2.54. The molecular formula is C31H39BNO5P. The highest BCUT2D eigenvalue weighted by Gasteiger charge is 2.51. The summed E-state index contributed by atoms with van der Waals surface area (Å²) in [4.78, 5) is 13.4. The minimum atomic E-state index is -0.962. The number of nitrogens with zero attached hydrogens (tertiary/aromatic N) is 1. The van der Waals surface area contributed by atoms with Crippen molar-refractivity contribution >= 4 is 50.0 Å². The minimum Gasteiger partial charge on any atom is -0.399 e. The lowest BCUT2D eigenvalue weighted by Crippen LogP contribution is -2.45. The second-order valence-electron chi connectivity index (χ2n) is 12.0. The Kier molecular flexibility index (Phi) is 8.15. The highest BCUT2D eigenvalue weighted by molar-refractivity contribution is 7.42. The maximum absolute atomic E-state index is 11.2. The molecule has 3 aromatic carbocycles. The lowest BCUT2D eigenvalue weighted by molar-refractivity contribution is -0.0833. The van der Waals surface area contributed by atoms with E-state index in [2.05, 4.69) is 29.2 Å². The topological polar surface area (TPSA) is 68.2 Å². The van der Waals surface area contributed by atoms with Gasteiger partial charge in [-0.2, -0.15) is 0 Å². The average Bonchev–Trinajstić information content (AvgIpc) is 3.10. The van der Waals surface area contributed by atoms with Gasteiger partial charge >= 0.3 is 7.12 Å². The molecule has 1 saturated heterocycles. The number of aliphatic hydroxyl groups is 1. The number of anilines is 3. The fourth-order valence-corrected chi connectivity index (χ4v) is 4.82. The van der Waals surface area contributed by atoms with E-state index in [1.165, 1.54) is 0 Å². The molecule has 1 aliphatic rings. The number of hydrogen-bond acceptors (Lipinski definition) is 6. The van der Waals surface area contributed by atoms with E-state index in [9.17, 15) is 9.90 Å². The largest absolute Gasteiger partial charge is 0.494 e. The number of benzene rings is 3. The van der Waals surface area contributed by atoms with Gasteiger partial charge in [0.05, 0.1) is 22.4 Å². The number of carbonyl (C=O) groups is 1. The first kappa shape index (κ1) is 29.4. The van der Waals surface area contributed by atoms with Crippen LogP contribution >= 0.6 is 8.81 Å². The van der Waals surface area contributed by atoms with Gasteiger partial charge in [0.2, 0.25) is 0 Å². The zero-order valence-corrected chi connectivity index (χ0v) is 25.1. The average molecular weight is 547 g/mol. The van der Waals surface area contributed by atoms with E-state index < -0.39 is 29.5 Å². The Morgan fingerprint density at radius 2 is 1.23 bits per heavy atom. The number of carbonyl (C=O) groups excluding carboxylic acids is 1. The molecule has 6 nitrogen and oxygen atoms in total. The molecule has 0 radical (unpaired) electrons. The molecule has 1 N–H and O–H groups in total. The maximum atomic E-state index is 11.2. The van der Waals surface area contributed by atoms with Crippen LogP contribution in [0.1, 0.15) is 65.7 Å². The Labute approximate surface area is 234 Å². The Bertz CT molecular complexity index is 1270. The molecule has 0 aliphatic carbocycles. The summed E-state index contributed by atoms with van der Waals surface area (Å²) in [6.45, 7) is 15.5. The van der Waals surface area contributed by atoms with Crippen LogP contribution < -0.4 is 15.7 Å². The van der Waals surface area contributed by atoms with E-state index in [1.807, 2.05) is 90.1 Å². The van der Waals surface area contributed by atoms with Crippen LogP contribution in [0.2, 0.25) is 0 Å². The van der Waals surface area contributed by atoms with Crippen molar-refractivity contribution in [3.05, 3.63) is 78.4 Å². The molecule has 1 aliphatic heterocycles. The van der Waals surface area contributed by atoms with Gasteiger partial charge in [0.1, 0.15) is 6.29 Å².